The molecule has 0 saturated heterocycles. The number of hydrogen-bond donors (Lipinski definition) is 4. The number of amides is 1. The van der Waals surface area contributed by atoms with Crippen LogP contribution in [0.2, 0.25) is 0 Å². The van der Waals surface area contributed by atoms with Gasteiger partial charge in [0.2, 0.25) is 5.91 Å². The first-order valence-electron chi connectivity index (χ1n) is 5.74. The third-order valence-corrected chi connectivity index (χ3v) is 3.14. The molecule has 1 amide bonds. The fraction of sp³-hybridized carbons (Fsp3) is 0.556. The van der Waals surface area contributed by atoms with Crippen LogP contribution >= 0.6 is 0 Å². The summed E-state index contributed by atoms with van der Waals surface area (Å²) in [5, 5.41) is 3.91. The minimum Gasteiger partial charge on any atom is -0.394 e. The fourth-order valence-electron chi connectivity index (χ4n) is 1.71. The zero-order chi connectivity index (χ0) is 15.3. The minimum atomic E-state index is -4.13. The van der Waals surface area contributed by atoms with Gasteiger partial charge in [-0.3, -0.25) is 9.35 Å². The highest BCUT2D eigenvalue weighted by atomic mass is 32.2. The summed E-state index contributed by atoms with van der Waals surface area (Å²) in [4.78, 5) is 12.6. The van der Waals surface area contributed by atoms with Gasteiger partial charge in [0, 0.05) is 13.1 Å². The summed E-state index contributed by atoms with van der Waals surface area (Å²) in [6.07, 6.45) is 1.32. The van der Waals surface area contributed by atoms with Gasteiger partial charge in [0.1, 0.15) is 0 Å². The van der Waals surface area contributed by atoms with Crippen LogP contribution in [0, 0.1) is 0 Å². The molecule has 0 unspecified atom stereocenters. The van der Waals surface area contributed by atoms with Crippen molar-refractivity contribution in [1.29, 1.82) is 0 Å². The van der Waals surface area contributed by atoms with Crippen molar-refractivity contribution in [2.24, 2.45) is 11.5 Å². The number of carbonyl (C=O) groups excluding carboxylic acids is 1. The van der Waals surface area contributed by atoms with Gasteiger partial charge in [-0.1, -0.05) is 0 Å². The Labute approximate surface area is 116 Å². The summed E-state index contributed by atoms with van der Waals surface area (Å²) >= 11 is 0. The third-order valence-electron chi connectivity index (χ3n) is 2.45. The molecule has 10 nitrogen and oxygen atoms in total. The Morgan fingerprint density at radius 1 is 1.50 bits per heavy atom. The van der Waals surface area contributed by atoms with E-state index in [-0.39, 0.29) is 25.3 Å². The molecule has 0 bridgehead atoms. The van der Waals surface area contributed by atoms with Crippen LogP contribution in [0.15, 0.2) is 6.20 Å². The van der Waals surface area contributed by atoms with Crippen LogP contribution in [-0.2, 0) is 21.5 Å². The van der Waals surface area contributed by atoms with E-state index in [2.05, 4.69) is 5.10 Å². The number of rotatable bonds is 8. The predicted octanol–water partition coefficient (Wildman–Crippen LogP) is -2.40. The first-order chi connectivity index (χ1) is 9.24. The fourth-order valence-corrected chi connectivity index (χ4v) is 2.11. The van der Waals surface area contributed by atoms with Crippen molar-refractivity contribution in [3.63, 3.8) is 0 Å². The molecule has 20 heavy (non-hydrogen) atoms. The highest BCUT2D eigenvalue weighted by molar-refractivity contribution is 7.85. The maximum Gasteiger partial charge on any atom is 0.266 e. The standard InChI is InChI=1S/C9H18N6O4S/c10-1-2-14(6-8(12)16)9-7(11)5-13-15(9)3-4-20(17,18)19/h5H,1-4,6,10-11H2,(H2,12,16)(H,17,18,19). The van der Waals surface area contributed by atoms with Gasteiger partial charge in [-0.15, -0.1) is 0 Å². The predicted molar refractivity (Wildman–Crippen MR) is 73.5 cm³/mol. The molecule has 11 heteroatoms. The second-order valence-electron chi connectivity index (χ2n) is 4.11. The molecule has 0 atom stereocenters. The van der Waals surface area contributed by atoms with Gasteiger partial charge in [0.05, 0.1) is 30.7 Å². The molecule has 0 radical (unpaired) electrons. The van der Waals surface area contributed by atoms with Crippen LogP contribution in [0.4, 0.5) is 11.5 Å². The lowest BCUT2D eigenvalue weighted by molar-refractivity contribution is -0.116. The first kappa shape index (κ1) is 16.2. The zero-order valence-corrected chi connectivity index (χ0v) is 11.6. The van der Waals surface area contributed by atoms with Crippen LogP contribution in [0.25, 0.3) is 0 Å². The Morgan fingerprint density at radius 2 is 2.15 bits per heavy atom. The van der Waals surface area contributed by atoms with Gasteiger partial charge in [-0.25, -0.2) is 4.68 Å². The van der Waals surface area contributed by atoms with Gasteiger partial charge >= 0.3 is 0 Å². The topological polar surface area (TPSA) is 171 Å². The number of aromatic nitrogens is 2. The van der Waals surface area contributed by atoms with E-state index in [4.69, 9.17) is 21.8 Å². The number of primary amides is 1. The summed E-state index contributed by atoms with van der Waals surface area (Å²) in [7, 11) is -4.13. The molecule has 0 fully saturated rings. The largest absolute Gasteiger partial charge is 0.394 e. The van der Waals surface area contributed by atoms with E-state index in [0.29, 0.717) is 12.4 Å². The lowest BCUT2D eigenvalue weighted by atomic mass is 10.4. The summed E-state index contributed by atoms with van der Waals surface area (Å²) in [5.74, 6) is -0.757. The van der Waals surface area contributed by atoms with E-state index >= 15 is 0 Å². The number of carbonyl (C=O) groups is 1. The number of nitrogen functional groups attached to an aromatic ring is 1. The molecule has 0 aromatic carbocycles. The van der Waals surface area contributed by atoms with Crippen molar-refractivity contribution in [2.75, 3.05) is 36.0 Å². The second-order valence-corrected chi connectivity index (χ2v) is 5.68. The highest BCUT2D eigenvalue weighted by Gasteiger charge is 2.18. The summed E-state index contributed by atoms with van der Waals surface area (Å²) < 4.78 is 31.6. The maximum atomic E-state index is 11.1. The van der Waals surface area contributed by atoms with Crippen molar-refractivity contribution < 1.29 is 17.8 Å². The van der Waals surface area contributed by atoms with Gasteiger partial charge in [0.25, 0.3) is 10.1 Å². The van der Waals surface area contributed by atoms with Crippen LogP contribution < -0.4 is 22.1 Å². The monoisotopic (exact) mass is 306 g/mol. The Hall–Kier alpha value is -1.85. The lowest BCUT2D eigenvalue weighted by Crippen LogP contribution is -2.39. The van der Waals surface area contributed by atoms with Crippen molar-refractivity contribution in [3.8, 4) is 0 Å². The van der Waals surface area contributed by atoms with Gasteiger partial charge in [-0.05, 0) is 0 Å². The molecule has 1 rings (SSSR count). The van der Waals surface area contributed by atoms with Gasteiger partial charge in [-0.2, -0.15) is 13.5 Å². The molecule has 0 saturated carbocycles. The molecule has 0 aliphatic heterocycles. The smallest absolute Gasteiger partial charge is 0.266 e. The van der Waals surface area contributed by atoms with Crippen molar-refractivity contribution in [1.82, 2.24) is 9.78 Å². The summed E-state index contributed by atoms with van der Waals surface area (Å²) in [5.41, 5.74) is 16.6. The molecular weight excluding hydrogens is 288 g/mol. The minimum absolute atomic E-state index is 0.106. The van der Waals surface area contributed by atoms with E-state index in [1.807, 2.05) is 0 Å². The summed E-state index contributed by atoms with van der Waals surface area (Å²) in [6.45, 7) is 0.311. The van der Waals surface area contributed by atoms with E-state index < -0.39 is 21.8 Å². The molecule has 114 valence electrons. The molecule has 0 aliphatic rings. The average Bonchev–Trinajstić information content (AvgIpc) is 2.66. The molecule has 7 N–H and O–H groups in total. The van der Waals surface area contributed by atoms with Crippen LogP contribution in [0.1, 0.15) is 0 Å². The Kier molecular flexibility index (Phi) is 5.30. The Balaban J connectivity index is 3.01. The van der Waals surface area contributed by atoms with Crippen LogP contribution in [0.3, 0.4) is 0 Å². The number of hydrogen-bond acceptors (Lipinski definition) is 7. The lowest BCUT2D eigenvalue weighted by Gasteiger charge is -2.23. The number of anilines is 2. The zero-order valence-electron chi connectivity index (χ0n) is 10.8. The first-order valence-corrected chi connectivity index (χ1v) is 7.35. The molecule has 0 aliphatic carbocycles. The second kappa shape index (κ2) is 6.54. The van der Waals surface area contributed by atoms with E-state index in [0.717, 1.165) is 0 Å². The van der Waals surface area contributed by atoms with E-state index in [9.17, 15) is 13.2 Å². The number of nitrogens with two attached hydrogens (primary N) is 3. The van der Waals surface area contributed by atoms with Gasteiger partial charge < -0.3 is 22.1 Å². The van der Waals surface area contributed by atoms with Gasteiger partial charge in [0.15, 0.2) is 5.82 Å². The molecule has 1 aromatic heterocycles. The maximum absolute atomic E-state index is 11.1. The number of nitrogens with zero attached hydrogens (tertiary/aromatic N) is 3. The average molecular weight is 306 g/mol. The van der Waals surface area contributed by atoms with Crippen molar-refractivity contribution in [3.05, 3.63) is 6.20 Å². The van der Waals surface area contributed by atoms with E-state index in [1.54, 1.807) is 0 Å². The third kappa shape index (κ3) is 4.68. The Bertz CT molecular complexity index is 569. The molecular formula is C9H18N6O4S. The van der Waals surface area contributed by atoms with Crippen molar-refractivity contribution >= 4 is 27.5 Å². The molecule has 1 heterocycles. The number of aryl methyl sites for hydroxylation is 1. The SMILES string of the molecule is NCCN(CC(N)=O)c1c(N)cnn1CCS(=O)(=O)O. The van der Waals surface area contributed by atoms with Crippen molar-refractivity contribution in [2.45, 2.75) is 6.54 Å². The Morgan fingerprint density at radius 3 is 2.65 bits per heavy atom. The quantitative estimate of drug-likeness (QED) is 0.385. The summed E-state index contributed by atoms with van der Waals surface area (Å²) in [6, 6.07) is 0. The molecule has 0 spiro atoms. The normalized spacial score (nSPS) is 11.5. The molecule has 1 aromatic rings. The van der Waals surface area contributed by atoms with Crippen LogP contribution in [0.5, 0.6) is 0 Å². The van der Waals surface area contributed by atoms with E-state index in [1.165, 1.54) is 15.8 Å². The van der Waals surface area contributed by atoms with Crippen LogP contribution in [-0.4, -0.2) is 54.0 Å². The highest BCUT2D eigenvalue weighted by Crippen LogP contribution is 2.22.